The van der Waals surface area contributed by atoms with Crippen molar-refractivity contribution in [3.63, 3.8) is 0 Å². The van der Waals surface area contributed by atoms with Gasteiger partial charge < -0.3 is 0 Å². The van der Waals surface area contributed by atoms with Gasteiger partial charge in [-0.3, -0.25) is 34.7 Å². The highest BCUT2D eigenvalue weighted by molar-refractivity contribution is 6.28. The van der Waals surface area contributed by atoms with E-state index in [0.29, 0.717) is 0 Å². The molecule has 2 aromatic rings. The lowest BCUT2D eigenvalue weighted by atomic mass is 9.97. The van der Waals surface area contributed by atoms with Crippen LogP contribution in [0, 0.1) is 56.0 Å². The van der Waals surface area contributed by atoms with E-state index in [2.05, 4.69) is 9.69 Å². The van der Waals surface area contributed by atoms with Crippen molar-refractivity contribution in [2.24, 2.45) is 0 Å². The second-order valence-corrected chi connectivity index (χ2v) is 8.72. The first-order valence-corrected chi connectivity index (χ1v) is 12.1. The maximum atomic E-state index is 13.0. The first-order chi connectivity index (χ1) is 20.7. The van der Waals surface area contributed by atoms with Gasteiger partial charge in [0.05, 0.1) is 39.2 Å². The van der Waals surface area contributed by atoms with Crippen LogP contribution in [0.5, 0.6) is 0 Å². The zero-order valence-corrected chi connectivity index (χ0v) is 21.7. The van der Waals surface area contributed by atoms with Crippen molar-refractivity contribution >= 4 is 34.1 Å². The zero-order valence-electron chi connectivity index (χ0n) is 21.7. The number of nitro benzene ring substituents is 2. The lowest BCUT2D eigenvalue weighted by Crippen LogP contribution is -2.05. The van der Waals surface area contributed by atoms with Crippen molar-refractivity contribution < 1.29 is 19.4 Å². The topological polar surface area (TPSA) is 177 Å². The van der Waals surface area contributed by atoms with Gasteiger partial charge in [-0.25, -0.2) is 16.7 Å². The largest absolute Gasteiger partial charge is 0.333 e. The highest BCUT2D eigenvalue weighted by atomic mass is 16.6. The molecule has 2 aromatic carbocycles. The molecule has 4 rings (SSSR count). The average Bonchev–Trinajstić information content (AvgIpc) is 3.44. The van der Waals surface area contributed by atoms with Gasteiger partial charge in [-0.05, 0) is 12.1 Å². The molecule has 0 amide bonds. The summed E-state index contributed by atoms with van der Waals surface area (Å²) in [5, 5.41) is 42.1. The van der Waals surface area contributed by atoms with Gasteiger partial charge in [0.15, 0.2) is 17.6 Å². The Hall–Kier alpha value is -7.02. The summed E-state index contributed by atoms with van der Waals surface area (Å²) >= 11 is 0. The predicted molar refractivity (Wildman–Crippen MR) is 152 cm³/mol. The molecular weight excluding hydrogens is 552 g/mol. The van der Waals surface area contributed by atoms with Crippen molar-refractivity contribution in [1.29, 1.82) is 10.5 Å². The summed E-state index contributed by atoms with van der Waals surface area (Å²) in [4.78, 5) is 54.2. The molecule has 0 radical (unpaired) electrons. The minimum atomic E-state index is -1.44. The fraction of sp³-hybridized carbons (Fsp3) is 0.0323. The molecule has 0 saturated carbocycles. The fourth-order valence-corrected chi connectivity index (χ4v) is 4.75. The molecule has 0 aliphatic heterocycles. The van der Waals surface area contributed by atoms with E-state index >= 15 is 0 Å². The Bertz CT molecular complexity index is 1990. The van der Waals surface area contributed by atoms with Crippen LogP contribution in [0.4, 0.5) is 11.4 Å². The minimum Gasteiger partial charge on any atom is -0.292 e. The van der Waals surface area contributed by atoms with E-state index < -0.39 is 38.8 Å². The SMILES string of the molecule is [C-]#[N+]C(C#N)=C1C(=CC=CC=CC=CC2=C(C(C#N)[N+]#[C-])c3c(cccc3[N+](=O)[O-])C2=O)C(=O)c2cccc([N+](=O)[O-])c21. The molecule has 12 nitrogen and oxygen atoms in total. The Morgan fingerprint density at radius 3 is 2.00 bits per heavy atom. The van der Waals surface area contributed by atoms with E-state index in [1.165, 1.54) is 78.9 Å². The third-order valence-electron chi connectivity index (χ3n) is 6.49. The quantitative estimate of drug-likeness (QED) is 0.0991. The number of nitro groups is 2. The number of rotatable bonds is 7. The number of hydrogen-bond donors (Lipinski definition) is 0. The molecular formula is C31H14N6O6. The molecule has 0 fully saturated rings. The molecule has 2 aliphatic rings. The number of nitriles is 2. The Labute approximate surface area is 243 Å². The smallest absolute Gasteiger partial charge is 0.292 e. The Morgan fingerprint density at radius 2 is 1.44 bits per heavy atom. The van der Waals surface area contributed by atoms with Gasteiger partial charge in [0.2, 0.25) is 0 Å². The summed E-state index contributed by atoms with van der Waals surface area (Å²) in [6.45, 7) is 14.7. The summed E-state index contributed by atoms with van der Waals surface area (Å²) < 4.78 is 0. The minimum absolute atomic E-state index is 0.000329. The molecule has 12 heteroatoms. The van der Waals surface area contributed by atoms with Crippen LogP contribution in [0.2, 0.25) is 0 Å². The van der Waals surface area contributed by atoms with Gasteiger partial charge in [-0.1, -0.05) is 54.7 Å². The van der Waals surface area contributed by atoms with Crippen LogP contribution in [-0.2, 0) is 0 Å². The highest BCUT2D eigenvalue weighted by Crippen LogP contribution is 2.44. The van der Waals surface area contributed by atoms with Gasteiger partial charge in [0, 0.05) is 40.0 Å². The average molecular weight is 566 g/mol. The number of carbonyl (C=O) groups is 2. The summed E-state index contributed by atoms with van der Waals surface area (Å²) in [7, 11) is 0. The third-order valence-corrected chi connectivity index (χ3v) is 6.49. The number of hydrogen-bond acceptors (Lipinski definition) is 8. The maximum absolute atomic E-state index is 13.0. The predicted octanol–water partition coefficient (Wildman–Crippen LogP) is 5.91. The van der Waals surface area contributed by atoms with E-state index in [1.807, 2.05) is 0 Å². The van der Waals surface area contributed by atoms with Crippen LogP contribution in [0.1, 0.15) is 31.8 Å². The maximum Gasteiger partial charge on any atom is 0.333 e. The van der Waals surface area contributed by atoms with E-state index in [9.17, 15) is 40.3 Å². The first-order valence-electron chi connectivity index (χ1n) is 12.1. The monoisotopic (exact) mass is 566 g/mol. The number of Topliss-reactive ketones (excluding diaryl/α,β-unsaturated/α-hetero) is 2. The molecule has 0 aromatic heterocycles. The Balaban J connectivity index is 1.67. The number of benzene rings is 2. The molecule has 204 valence electrons. The van der Waals surface area contributed by atoms with Crippen molar-refractivity contribution in [1.82, 2.24) is 0 Å². The van der Waals surface area contributed by atoms with Gasteiger partial charge >= 0.3 is 6.04 Å². The zero-order chi connectivity index (χ0) is 31.3. The standard InChI is InChI=1S/C31H14N6O6/c1-34-22(16-32)26-18(30(38)20-12-8-14-24(28(20)26)36(40)41)10-6-4-3-5-7-11-19-27(23(17-33)35-2)29-21(31(19)39)13-9-15-25(29)37(42)43/h3-15,22H. The Morgan fingerprint density at radius 1 is 0.860 bits per heavy atom. The van der Waals surface area contributed by atoms with Crippen molar-refractivity contribution in [2.45, 2.75) is 6.04 Å². The molecule has 43 heavy (non-hydrogen) atoms. The fourth-order valence-electron chi connectivity index (χ4n) is 4.75. The molecule has 1 unspecified atom stereocenters. The lowest BCUT2D eigenvalue weighted by Gasteiger charge is -2.04. The number of fused-ring (bicyclic) bond motifs is 2. The number of ketones is 2. The second kappa shape index (κ2) is 12.0. The highest BCUT2D eigenvalue weighted by Gasteiger charge is 2.41. The molecule has 0 spiro atoms. The van der Waals surface area contributed by atoms with Crippen LogP contribution in [0.15, 0.2) is 95.8 Å². The summed E-state index contributed by atoms with van der Waals surface area (Å²) in [5.74, 6) is -1.15. The van der Waals surface area contributed by atoms with E-state index in [0.717, 1.165) is 0 Å². The third kappa shape index (κ3) is 5.03. The lowest BCUT2D eigenvalue weighted by molar-refractivity contribution is -0.385. The molecule has 0 bridgehead atoms. The van der Waals surface area contributed by atoms with E-state index in [-0.39, 0.29) is 50.2 Å². The first kappa shape index (κ1) is 29.0. The van der Waals surface area contributed by atoms with Crippen LogP contribution >= 0.6 is 0 Å². The summed E-state index contributed by atoms with van der Waals surface area (Å²) in [6, 6.07) is 9.86. The van der Waals surface area contributed by atoms with Gasteiger partial charge in [-0.2, -0.15) is 5.26 Å². The van der Waals surface area contributed by atoms with Crippen LogP contribution < -0.4 is 0 Å². The van der Waals surface area contributed by atoms with Crippen molar-refractivity contribution in [3.05, 3.63) is 161 Å². The normalized spacial score (nSPS) is 16.6. The summed E-state index contributed by atoms with van der Waals surface area (Å²) in [6.07, 6.45) is 9.97. The molecule has 1 atom stereocenters. The van der Waals surface area contributed by atoms with Gasteiger partial charge in [0.1, 0.15) is 0 Å². The number of nitrogens with zero attached hydrogens (tertiary/aromatic N) is 6. The number of allylic oxidation sites excluding steroid dienone is 11. The van der Waals surface area contributed by atoms with Gasteiger partial charge in [0.25, 0.3) is 17.1 Å². The summed E-state index contributed by atoms with van der Waals surface area (Å²) in [5.41, 5.74) is -1.67. The van der Waals surface area contributed by atoms with Crippen LogP contribution in [0.3, 0.4) is 0 Å². The van der Waals surface area contributed by atoms with Crippen molar-refractivity contribution in [2.75, 3.05) is 0 Å². The molecule has 0 N–H and O–H groups in total. The second-order valence-electron chi connectivity index (χ2n) is 8.72. The number of carbonyl (C=O) groups excluding carboxylic acids is 2. The van der Waals surface area contributed by atoms with Crippen LogP contribution in [-0.4, -0.2) is 27.5 Å². The van der Waals surface area contributed by atoms with E-state index in [4.69, 9.17) is 13.1 Å². The van der Waals surface area contributed by atoms with Crippen molar-refractivity contribution in [3.8, 4) is 12.1 Å². The molecule has 2 aliphatic carbocycles. The van der Waals surface area contributed by atoms with Gasteiger partial charge in [-0.15, -0.1) is 0 Å². The van der Waals surface area contributed by atoms with E-state index in [1.54, 1.807) is 12.1 Å². The molecule has 0 saturated heterocycles. The Kier molecular flexibility index (Phi) is 8.10. The molecule has 0 heterocycles. The van der Waals surface area contributed by atoms with Crippen LogP contribution in [0.25, 0.3) is 20.8 Å².